The summed E-state index contributed by atoms with van der Waals surface area (Å²) in [6.07, 6.45) is 2.32. The van der Waals surface area contributed by atoms with Gasteiger partial charge in [-0.1, -0.05) is 60.6 Å². The number of allylic oxidation sites excluding steroid dienone is 1. The second kappa shape index (κ2) is 14.2. The van der Waals surface area contributed by atoms with Gasteiger partial charge in [0, 0.05) is 28.5 Å². The Morgan fingerprint density at radius 3 is 2.23 bits per heavy atom. The minimum absolute atomic E-state index is 0.0568. The van der Waals surface area contributed by atoms with Crippen LogP contribution in [0.25, 0.3) is 11.3 Å². The van der Waals surface area contributed by atoms with Crippen molar-refractivity contribution in [1.82, 2.24) is 9.97 Å². The average Bonchev–Trinajstić information content (AvgIpc) is 2.90. The molecule has 0 saturated carbocycles. The molecule has 3 aromatic rings. The molecule has 2 atom stereocenters. The molecule has 1 heterocycles. The molecule has 40 heavy (non-hydrogen) atoms. The molecule has 1 aromatic heterocycles. The summed E-state index contributed by atoms with van der Waals surface area (Å²) in [5.41, 5.74) is 7.53. The fourth-order valence-electron chi connectivity index (χ4n) is 3.99. The number of rotatable bonds is 8. The van der Waals surface area contributed by atoms with E-state index in [1.165, 1.54) is 18.3 Å². The van der Waals surface area contributed by atoms with Gasteiger partial charge in [0.15, 0.2) is 16.8 Å². The molecule has 216 valence electrons. The number of hydrogen-bond acceptors (Lipinski definition) is 5. The monoisotopic (exact) mass is 573 g/mol. The van der Waals surface area contributed by atoms with Crippen LogP contribution in [0.3, 0.4) is 0 Å². The molecule has 10 heteroatoms. The minimum atomic E-state index is -2.40. The van der Waals surface area contributed by atoms with Gasteiger partial charge < -0.3 is 5.73 Å². The van der Waals surface area contributed by atoms with Crippen LogP contribution in [-0.2, 0) is 11.0 Å². The van der Waals surface area contributed by atoms with Crippen molar-refractivity contribution in [3.05, 3.63) is 77.4 Å². The van der Waals surface area contributed by atoms with Crippen LogP contribution >= 0.6 is 0 Å². The standard InChI is InChI=1S/C28H32F3N5OS.C2H6/c1-7-16(2)26(28(4,5)6)35-24(17(3)21-14-15-33-27(32)34-21)18-10-8-13-22(23(18)31)36-38(37)25-19(29)11-9-12-20(25)30;1-2/h8-16,36H,7H2,1-6H3,(H2,32,33,34);1-2H3/b24-17+,35-26?;. The van der Waals surface area contributed by atoms with Gasteiger partial charge in [-0.25, -0.2) is 27.3 Å². The number of aliphatic imine (C=N–C) groups is 1. The average molecular weight is 574 g/mol. The number of nitrogen functional groups attached to an aromatic ring is 1. The summed E-state index contributed by atoms with van der Waals surface area (Å²) in [4.78, 5) is 12.5. The Kier molecular flexibility index (Phi) is 11.6. The molecule has 0 aliphatic rings. The van der Waals surface area contributed by atoms with Crippen molar-refractivity contribution in [3.8, 4) is 0 Å². The molecule has 0 saturated heterocycles. The lowest BCUT2D eigenvalue weighted by molar-refractivity contribution is 0.535. The van der Waals surface area contributed by atoms with E-state index in [-0.39, 0.29) is 28.5 Å². The maximum Gasteiger partial charge on any atom is 0.220 e. The van der Waals surface area contributed by atoms with Crippen LogP contribution < -0.4 is 10.5 Å². The third-order valence-corrected chi connectivity index (χ3v) is 7.22. The quantitative estimate of drug-likeness (QED) is 0.267. The summed E-state index contributed by atoms with van der Waals surface area (Å²) in [6.45, 7) is 16.0. The molecule has 2 unspecified atom stereocenters. The van der Waals surface area contributed by atoms with Crippen LogP contribution in [0.2, 0.25) is 0 Å². The van der Waals surface area contributed by atoms with Crippen LogP contribution in [-0.4, -0.2) is 19.9 Å². The Morgan fingerprint density at radius 1 is 1.07 bits per heavy atom. The van der Waals surface area contributed by atoms with Gasteiger partial charge in [0.05, 0.1) is 17.1 Å². The molecule has 0 spiro atoms. The highest BCUT2D eigenvalue weighted by Crippen LogP contribution is 2.35. The zero-order valence-corrected chi connectivity index (χ0v) is 25.1. The third kappa shape index (κ3) is 7.78. The summed E-state index contributed by atoms with van der Waals surface area (Å²) in [5, 5.41) is 0. The van der Waals surface area contributed by atoms with Crippen LogP contribution in [0, 0.1) is 28.8 Å². The van der Waals surface area contributed by atoms with Gasteiger partial charge in [0.1, 0.15) is 16.5 Å². The van der Waals surface area contributed by atoms with Crippen molar-refractivity contribution in [3.63, 3.8) is 0 Å². The van der Waals surface area contributed by atoms with E-state index in [0.717, 1.165) is 30.3 Å². The molecule has 3 rings (SSSR count). The summed E-state index contributed by atoms with van der Waals surface area (Å²) in [7, 11) is -2.40. The number of nitrogens with zero attached hydrogens (tertiary/aromatic N) is 3. The Bertz CT molecular complexity index is 1400. The van der Waals surface area contributed by atoms with Gasteiger partial charge >= 0.3 is 0 Å². The lowest BCUT2D eigenvalue weighted by Gasteiger charge is -2.27. The first-order chi connectivity index (χ1) is 18.8. The summed E-state index contributed by atoms with van der Waals surface area (Å²) in [6, 6.07) is 9.21. The summed E-state index contributed by atoms with van der Waals surface area (Å²) >= 11 is 0. The molecule has 3 N–H and O–H groups in total. The van der Waals surface area contributed by atoms with Crippen molar-refractivity contribution in [2.75, 3.05) is 10.5 Å². The molecular weight excluding hydrogens is 535 g/mol. The Morgan fingerprint density at radius 2 is 1.68 bits per heavy atom. The number of hydrogen-bond donors (Lipinski definition) is 2. The second-order valence-corrected chi connectivity index (χ2v) is 11.1. The van der Waals surface area contributed by atoms with Crippen LogP contribution in [0.1, 0.15) is 73.1 Å². The van der Waals surface area contributed by atoms with Crippen molar-refractivity contribution in [2.45, 2.75) is 66.7 Å². The lowest BCUT2D eigenvalue weighted by atomic mass is 9.81. The van der Waals surface area contributed by atoms with E-state index in [2.05, 4.69) is 28.5 Å². The third-order valence-electron chi connectivity index (χ3n) is 6.05. The van der Waals surface area contributed by atoms with E-state index >= 15 is 4.39 Å². The van der Waals surface area contributed by atoms with Crippen LogP contribution in [0.5, 0.6) is 0 Å². The SMILES string of the molecule is CC.CCC(C)C(=N/C(=C(\C)c1ccnc(N)n1)c1cccc(NS(=O)c2c(F)cccc2F)c1F)C(C)(C)C. The molecule has 0 amide bonds. The van der Waals surface area contributed by atoms with Gasteiger partial charge in [-0.3, -0.25) is 9.71 Å². The maximum atomic E-state index is 16.0. The van der Waals surface area contributed by atoms with E-state index in [9.17, 15) is 13.0 Å². The van der Waals surface area contributed by atoms with Gasteiger partial charge in [-0.2, -0.15) is 0 Å². The molecule has 0 radical (unpaired) electrons. The number of anilines is 2. The van der Waals surface area contributed by atoms with E-state index in [4.69, 9.17) is 10.7 Å². The highest BCUT2D eigenvalue weighted by molar-refractivity contribution is 7.86. The van der Waals surface area contributed by atoms with Crippen molar-refractivity contribution in [1.29, 1.82) is 0 Å². The van der Waals surface area contributed by atoms with Crippen molar-refractivity contribution >= 4 is 39.6 Å². The molecule has 0 aliphatic carbocycles. The minimum Gasteiger partial charge on any atom is -0.368 e. The molecule has 2 aromatic carbocycles. The summed E-state index contributed by atoms with van der Waals surface area (Å²) in [5.74, 6) is -2.64. The molecule has 0 fully saturated rings. The lowest BCUT2D eigenvalue weighted by Crippen LogP contribution is -2.27. The number of nitrogens with two attached hydrogens (primary N) is 1. The Balaban J connectivity index is 0.00000274. The maximum absolute atomic E-state index is 16.0. The van der Waals surface area contributed by atoms with Gasteiger partial charge in [0.25, 0.3) is 0 Å². The first kappa shape index (κ1) is 32.7. The fourth-order valence-corrected chi connectivity index (χ4v) is 4.93. The number of benzene rings is 2. The van der Waals surface area contributed by atoms with Crippen molar-refractivity contribution < 1.29 is 17.4 Å². The second-order valence-electron chi connectivity index (χ2n) is 9.92. The zero-order chi connectivity index (χ0) is 30.2. The number of aromatic nitrogens is 2. The van der Waals surface area contributed by atoms with Gasteiger partial charge in [0.2, 0.25) is 5.95 Å². The number of halogens is 3. The number of nitrogens with one attached hydrogen (secondary N) is 1. The fraction of sp³-hybridized carbons (Fsp3) is 0.367. The van der Waals surface area contributed by atoms with E-state index in [1.54, 1.807) is 19.1 Å². The smallest absolute Gasteiger partial charge is 0.220 e. The first-order valence-electron chi connectivity index (χ1n) is 13.1. The Hall–Kier alpha value is -3.53. The topological polar surface area (TPSA) is 93.3 Å². The molecule has 0 bridgehead atoms. The van der Waals surface area contributed by atoms with Crippen LogP contribution in [0.4, 0.5) is 24.8 Å². The Labute approximate surface area is 237 Å². The zero-order valence-electron chi connectivity index (χ0n) is 24.3. The normalized spacial score (nSPS) is 14.0. The van der Waals surface area contributed by atoms with E-state index < -0.39 is 33.3 Å². The molecular formula is C30H38F3N5OS. The molecule has 0 aliphatic heterocycles. The van der Waals surface area contributed by atoms with Crippen molar-refractivity contribution in [2.24, 2.45) is 16.3 Å². The van der Waals surface area contributed by atoms with Gasteiger partial charge in [-0.15, -0.1) is 0 Å². The highest BCUT2D eigenvalue weighted by atomic mass is 32.2. The largest absolute Gasteiger partial charge is 0.368 e. The van der Waals surface area contributed by atoms with Crippen LogP contribution in [0.15, 0.2) is 58.5 Å². The summed E-state index contributed by atoms with van der Waals surface area (Å²) < 4.78 is 59.6. The predicted molar refractivity (Wildman–Crippen MR) is 159 cm³/mol. The van der Waals surface area contributed by atoms with E-state index in [1.807, 2.05) is 34.6 Å². The van der Waals surface area contributed by atoms with Gasteiger partial charge in [-0.05, 0) is 49.6 Å². The highest BCUT2D eigenvalue weighted by Gasteiger charge is 2.26. The predicted octanol–water partition coefficient (Wildman–Crippen LogP) is 8.06. The van der Waals surface area contributed by atoms with E-state index in [0.29, 0.717) is 17.0 Å². The first-order valence-corrected chi connectivity index (χ1v) is 14.3. The molecule has 6 nitrogen and oxygen atoms in total.